The number of benzene rings is 1. The highest BCUT2D eigenvalue weighted by atomic mass is 35.5. The number of esters is 1. The molecule has 1 N–H and O–H groups in total. The van der Waals surface area contributed by atoms with Crippen molar-refractivity contribution in [2.24, 2.45) is 5.92 Å². The van der Waals surface area contributed by atoms with Crippen LogP contribution in [-0.2, 0) is 14.3 Å². The number of aromatic nitrogens is 2. The number of carbonyl (C=O) groups is 3. The molecule has 31 heavy (non-hydrogen) atoms. The lowest BCUT2D eigenvalue weighted by atomic mass is 9.97. The second-order valence-corrected chi connectivity index (χ2v) is 8.36. The Hall–Kier alpha value is -2.87. The number of likely N-dealkylation sites (tertiary alicyclic amines) is 1. The van der Waals surface area contributed by atoms with Gasteiger partial charge in [0.1, 0.15) is 5.82 Å². The van der Waals surface area contributed by atoms with Crippen molar-refractivity contribution < 1.29 is 19.1 Å². The molecule has 1 fully saturated rings. The van der Waals surface area contributed by atoms with Crippen LogP contribution in [0.1, 0.15) is 50.0 Å². The van der Waals surface area contributed by atoms with Gasteiger partial charge >= 0.3 is 5.97 Å². The van der Waals surface area contributed by atoms with E-state index in [9.17, 15) is 14.4 Å². The summed E-state index contributed by atoms with van der Waals surface area (Å²) in [6, 6.07) is 8.43. The average Bonchev–Trinajstić information content (AvgIpc) is 3.22. The number of halogens is 1. The minimum Gasteiger partial charge on any atom is -0.452 e. The van der Waals surface area contributed by atoms with E-state index in [4.69, 9.17) is 16.3 Å². The van der Waals surface area contributed by atoms with Crippen LogP contribution in [0.15, 0.2) is 36.5 Å². The summed E-state index contributed by atoms with van der Waals surface area (Å²) in [6.45, 7) is 6.26. The van der Waals surface area contributed by atoms with Crippen molar-refractivity contribution in [3.8, 4) is 0 Å². The van der Waals surface area contributed by atoms with Gasteiger partial charge in [0.15, 0.2) is 6.10 Å². The van der Waals surface area contributed by atoms with Crippen molar-refractivity contribution in [3.05, 3.63) is 47.1 Å². The number of hydrogen-bond donors (Lipinski definition) is 1. The molecule has 1 saturated heterocycles. The quantitative estimate of drug-likeness (QED) is 0.685. The maximum Gasteiger partial charge on any atom is 0.311 e. The number of rotatable bonds is 6. The van der Waals surface area contributed by atoms with Crippen LogP contribution in [0, 0.1) is 5.92 Å². The number of carbonyl (C=O) groups excluding carboxylic acids is 3. The molecule has 0 bridgehead atoms. The number of hydrogen-bond acceptors (Lipinski definition) is 5. The molecule has 8 nitrogen and oxygen atoms in total. The minimum absolute atomic E-state index is 0.0783. The molecular weight excluding hydrogens is 420 g/mol. The predicted octanol–water partition coefficient (Wildman–Crippen LogP) is 3.54. The summed E-state index contributed by atoms with van der Waals surface area (Å²) in [5, 5.41) is 7.46. The first kappa shape index (κ1) is 22.8. The Morgan fingerprint density at radius 2 is 1.87 bits per heavy atom. The van der Waals surface area contributed by atoms with E-state index in [1.807, 2.05) is 13.8 Å². The van der Waals surface area contributed by atoms with E-state index in [2.05, 4.69) is 10.4 Å². The van der Waals surface area contributed by atoms with Crippen LogP contribution in [0.4, 0.5) is 5.82 Å². The van der Waals surface area contributed by atoms with E-state index in [-0.39, 0.29) is 18.5 Å². The molecule has 166 valence electrons. The van der Waals surface area contributed by atoms with Gasteiger partial charge in [0, 0.05) is 35.8 Å². The highest BCUT2D eigenvalue weighted by Crippen LogP contribution is 2.21. The average molecular weight is 447 g/mol. The maximum atomic E-state index is 12.7. The lowest BCUT2D eigenvalue weighted by Crippen LogP contribution is -2.44. The van der Waals surface area contributed by atoms with Gasteiger partial charge in [-0.05, 0) is 57.9 Å². The Kier molecular flexibility index (Phi) is 7.33. The third-order valence-corrected chi connectivity index (χ3v) is 5.46. The van der Waals surface area contributed by atoms with Crippen molar-refractivity contribution in [2.45, 2.75) is 45.8 Å². The molecule has 1 aliphatic rings. The lowest BCUT2D eigenvalue weighted by molar-refractivity contribution is -0.158. The second-order valence-electron chi connectivity index (χ2n) is 7.92. The molecule has 1 aromatic heterocycles. The Bertz CT molecular complexity index is 941. The largest absolute Gasteiger partial charge is 0.452 e. The summed E-state index contributed by atoms with van der Waals surface area (Å²) in [4.78, 5) is 39.5. The molecule has 9 heteroatoms. The molecular formula is C22H27ClN4O4. The zero-order valence-corrected chi connectivity index (χ0v) is 18.6. The van der Waals surface area contributed by atoms with Gasteiger partial charge in [0.25, 0.3) is 11.8 Å². The first-order valence-electron chi connectivity index (χ1n) is 10.4. The topological polar surface area (TPSA) is 93.5 Å². The summed E-state index contributed by atoms with van der Waals surface area (Å²) < 4.78 is 7.09. The molecule has 3 rings (SSSR count). The molecule has 1 aliphatic heterocycles. The van der Waals surface area contributed by atoms with Crippen LogP contribution >= 0.6 is 11.6 Å². The van der Waals surface area contributed by atoms with Gasteiger partial charge < -0.3 is 15.0 Å². The molecule has 2 atom stereocenters. The normalized spacial score (nSPS) is 17.3. The Morgan fingerprint density at radius 3 is 2.55 bits per heavy atom. The Morgan fingerprint density at radius 1 is 1.16 bits per heavy atom. The molecule has 0 spiro atoms. The molecule has 1 aromatic carbocycles. The number of nitrogens with zero attached hydrogens (tertiary/aromatic N) is 3. The van der Waals surface area contributed by atoms with E-state index >= 15 is 0 Å². The summed E-state index contributed by atoms with van der Waals surface area (Å²) >= 11 is 5.89. The predicted molar refractivity (Wildman–Crippen MR) is 117 cm³/mol. The SMILES string of the molecule is CC(C)n1nccc1NC(=O)[C@H](C)OC(=O)[C@H]1CCCN(C(=O)c2ccc(Cl)cc2)C1. The van der Waals surface area contributed by atoms with E-state index in [0.717, 1.165) is 0 Å². The fourth-order valence-electron chi connectivity index (χ4n) is 3.51. The summed E-state index contributed by atoms with van der Waals surface area (Å²) in [7, 11) is 0. The molecule has 0 aliphatic carbocycles. The first-order valence-corrected chi connectivity index (χ1v) is 10.7. The van der Waals surface area contributed by atoms with Gasteiger partial charge in [0.05, 0.1) is 12.1 Å². The van der Waals surface area contributed by atoms with Crippen molar-refractivity contribution in [2.75, 3.05) is 18.4 Å². The van der Waals surface area contributed by atoms with Crippen LogP contribution in [-0.4, -0.2) is 51.7 Å². The summed E-state index contributed by atoms with van der Waals surface area (Å²) in [6.07, 6.45) is 1.93. The number of nitrogens with one attached hydrogen (secondary N) is 1. The van der Waals surface area contributed by atoms with Crippen LogP contribution in [0.5, 0.6) is 0 Å². The zero-order valence-electron chi connectivity index (χ0n) is 17.9. The Labute approximate surface area is 186 Å². The maximum absolute atomic E-state index is 12.7. The third-order valence-electron chi connectivity index (χ3n) is 5.21. The van der Waals surface area contributed by atoms with Gasteiger partial charge in [-0.1, -0.05) is 11.6 Å². The zero-order chi connectivity index (χ0) is 22.5. The third kappa shape index (κ3) is 5.64. The van der Waals surface area contributed by atoms with Gasteiger partial charge in [-0.2, -0.15) is 5.10 Å². The number of ether oxygens (including phenoxy) is 1. The van der Waals surface area contributed by atoms with E-state index in [1.165, 1.54) is 6.92 Å². The van der Waals surface area contributed by atoms with Gasteiger partial charge in [-0.25, -0.2) is 4.68 Å². The van der Waals surface area contributed by atoms with Crippen molar-refractivity contribution in [1.82, 2.24) is 14.7 Å². The monoisotopic (exact) mass is 446 g/mol. The Balaban J connectivity index is 1.56. The summed E-state index contributed by atoms with van der Waals surface area (Å²) in [5.41, 5.74) is 0.521. The number of piperidine rings is 1. The van der Waals surface area contributed by atoms with Crippen molar-refractivity contribution >= 4 is 35.2 Å². The van der Waals surface area contributed by atoms with Crippen molar-refractivity contribution in [1.29, 1.82) is 0 Å². The smallest absolute Gasteiger partial charge is 0.311 e. The first-order chi connectivity index (χ1) is 14.8. The van der Waals surface area contributed by atoms with Crippen LogP contribution in [0.25, 0.3) is 0 Å². The summed E-state index contributed by atoms with van der Waals surface area (Å²) in [5.74, 6) is -0.988. The highest BCUT2D eigenvalue weighted by molar-refractivity contribution is 6.30. The van der Waals surface area contributed by atoms with Gasteiger partial charge in [0.2, 0.25) is 0 Å². The van der Waals surface area contributed by atoms with E-state index in [0.29, 0.717) is 35.8 Å². The fraction of sp³-hybridized carbons (Fsp3) is 0.455. The minimum atomic E-state index is -0.967. The van der Waals surface area contributed by atoms with Gasteiger partial charge in [-0.3, -0.25) is 14.4 Å². The number of anilines is 1. The molecule has 2 amide bonds. The van der Waals surface area contributed by atoms with E-state index in [1.54, 1.807) is 46.1 Å². The second kappa shape index (κ2) is 9.96. The van der Waals surface area contributed by atoms with Crippen LogP contribution in [0.3, 0.4) is 0 Å². The highest BCUT2D eigenvalue weighted by Gasteiger charge is 2.32. The standard InChI is InChI=1S/C22H27ClN4O4/c1-14(2)27-19(10-11-24-27)25-20(28)15(3)31-22(30)17-5-4-12-26(13-17)21(29)16-6-8-18(23)9-7-16/h6-11,14-15,17H,4-5,12-13H2,1-3H3,(H,25,28)/t15-,17-/m0/s1. The molecule has 2 aromatic rings. The lowest BCUT2D eigenvalue weighted by Gasteiger charge is -2.32. The number of amides is 2. The van der Waals surface area contributed by atoms with Crippen molar-refractivity contribution in [3.63, 3.8) is 0 Å². The van der Waals surface area contributed by atoms with Crippen LogP contribution in [0.2, 0.25) is 5.02 Å². The van der Waals surface area contributed by atoms with Gasteiger partial charge in [-0.15, -0.1) is 0 Å². The molecule has 0 saturated carbocycles. The molecule has 2 heterocycles. The fourth-order valence-corrected chi connectivity index (χ4v) is 3.63. The molecule has 0 radical (unpaired) electrons. The van der Waals surface area contributed by atoms with Crippen LogP contribution < -0.4 is 5.32 Å². The van der Waals surface area contributed by atoms with E-state index < -0.39 is 23.9 Å². The molecule has 0 unspecified atom stereocenters.